The second-order valence-corrected chi connectivity index (χ2v) is 14.4. The number of hydrogen-bond acceptors (Lipinski definition) is 15. The van der Waals surface area contributed by atoms with E-state index in [0.717, 1.165) is 19.4 Å². The maximum Gasteiger partial charge on any atom is 0.223 e. The van der Waals surface area contributed by atoms with Crippen LogP contribution in [0, 0.1) is 5.92 Å². The molecule has 3 aliphatic carbocycles. The lowest BCUT2D eigenvalue weighted by Crippen LogP contribution is -2.69. The van der Waals surface area contributed by atoms with Gasteiger partial charge in [-0.1, -0.05) is 0 Å². The molecule has 11 atom stereocenters. The molecule has 1 saturated heterocycles. The monoisotopic (exact) mass is 657 g/mol. The predicted octanol–water partition coefficient (Wildman–Crippen LogP) is -4.08. The van der Waals surface area contributed by atoms with Crippen molar-refractivity contribution in [2.75, 3.05) is 26.7 Å². The van der Waals surface area contributed by atoms with E-state index >= 15 is 0 Å². The summed E-state index contributed by atoms with van der Waals surface area (Å²) in [7, 11) is 1.59. The summed E-state index contributed by atoms with van der Waals surface area (Å²) in [4.78, 5) is 13.1. The van der Waals surface area contributed by atoms with Gasteiger partial charge in [-0.05, 0) is 71.0 Å². The molecule has 0 unspecified atom stereocenters. The fourth-order valence-corrected chi connectivity index (χ4v) is 7.49. The normalized spacial score (nSPS) is 47.6. The Kier molecular flexibility index (Phi) is 11.3. The maximum absolute atomic E-state index is 13.1. The summed E-state index contributed by atoms with van der Waals surface area (Å²) in [5.74, 6) is 0.756. The van der Waals surface area contributed by atoms with E-state index in [-0.39, 0.29) is 31.5 Å². The van der Waals surface area contributed by atoms with Gasteiger partial charge < -0.3 is 78.3 Å². The first-order valence-corrected chi connectivity index (χ1v) is 16.5. The second-order valence-electron chi connectivity index (χ2n) is 14.4. The van der Waals surface area contributed by atoms with Crippen LogP contribution >= 0.6 is 0 Å². The molecule has 4 fully saturated rings. The highest BCUT2D eigenvalue weighted by molar-refractivity contribution is 5.77. The predicted molar refractivity (Wildman–Crippen MR) is 165 cm³/mol. The minimum Gasteiger partial charge on any atom is -0.467 e. The van der Waals surface area contributed by atoms with Crippen molar-refractivity contribution < 1.29 is 44.2 Å². The summed E-state index contributed by atoms with van der Waals surface area (Å²) in [5.41, 5.74) is 22.0. The Bertz CT molecular complexity index is 1070. The summed E-state index contributed by atoms with van der Waals surface area (Å²) < 4.78 is 24.2. The van der Waals surface area contributed by atoms with Crippen LogP contribution in [0.5, 0.6) is 0 Å². The van der Waals surface area contributed by atoms with Crippen molar-refractivity contribution in [1.82, 2.24) is 16.0 Å². The van der Waals surface area contributed by atoms with Gasteiger partial charge in [0.2, 0.25) is 12.2 Å². The molecule has 16 heteroatoms. The van der Waals surface area contributed by atoms with Gasteiger partial charge in [0.1, 0.15) is 35.8 Å². The highest BCUT2D eigenvalue weighted by atomic mass is 16.7. The third-order valence-electron chi connectivity index (χ3n) is 10.1. The second kappa shape index (κ2) is 14.5. The number of rotatable bonds is 12. The van der Waals surface area contributed by atoms with Crippen molar-refractivity contribution >= 4 is 5.91 Å². The van der Waals surface area contributed by atoms with Gasteiger partial charge in [0.05, 0.1) is 43.3 Å². The molecule has 16 nitrogen and oxygen atoms in total. The van der Waals surface area contributed by atoms with E-state index in [0.29, 0.717) is 37.5 Å². The van der Waals surface area contributed by atoms with E-state index < -0.39 is 78.3 Å². The summed E-state index contributed by atoms with van der Waals surface area (Å²) in [6.07, 6.45) is -2.12. The van der Waals surface area contributed by atoms with Crippen LogP contribution in [-0.2, 0) is 23.7 Å². The Morgan fingerprint density at radius 2 is 1.70 bits per heavy atom. The minimum atomic E-state index is -1.41. The lowest BCUT2D eigenvalue weighted by atomic mass is 9.74. The number of aliphatic hydroxyl groups is 4. The van der Waals surface area contributed by atoms with Crippen LogP contribution in [-0.4, -0.2) is 138 Å². The summed E-state index contributed by atoms with van der Waals surface area (Å²) in [6.45, 7) is 2.68. The van der Waals surface area contributed by atoms with Gasteiger partial charge in [-0.25, -0.2) is 0 Å². The number of likely N-dealkylation sites (N-methyl/N-ethyl adjacent to an activating group) is 1. The number of nitrogens with one attached hydrogen (secondary N) is 3. The maximum atomic E-state index is 13.1. The van der Waals surface area contributed by atoms with Crippen LogP contribution in [0.2, 0.25) is 0 Å². The highest BCUT2D eigenvalue weighted by Gasteiger charge is 2.52. The SMILES string of the molecule is CN[C@@H]1[C@@H](O)[C@@H](O[C@@H]2[C@@H](O)[C@H](O[C@H]3OC(CNCC4CC(N)C4)=CC[C@H]3N)[C@@H](N)C[C@H]2NC(=O)CC2(O)CC(N)C2)OC[C@]1(C)O. The van der Waals surface area contributed by atoms with Crippen LogP contribution in [0.3, 0.4) is 0 Å². The average molecular weight is 658 g/mol. The number of carbonyl (C=O) groups excluding carboxylic acids is 1. The lowest BCUT2D eigenvalue weighted by molar-refractivity contribution is -0.304. The number of hydrogen-bond donors (Lipinski definition) is 11. The smallest absolute Gasteiger partial charge is 0.223 e. The van der Waals surface area contributed by atoms with Gasteiger partial charge in [-0.15, -0.1) is 0 Å². The van der Waals surface area contributed by atoms with E-state index in [4.69, 9.17) is 41.9 Å². The number of aliphatic hydroxyl groups excluding tert-OH is 2. The van der Waals surface area contributed by atoms with Crippen molar-refractivity contribution in [3.8, 4) is 0 Å². The molecule has 1 amide bonds. The van der Waals surface area contributed by atoms with E-state index in [1.165, 1.54) is 6.92 Å². The van der Waals surface area contributed by atoms with Crippen molar-refractivity contribution in [1.29, 1.82) is 0 Å². The molecule has 5 rings (SSSR count). The van der Waals surface area contributed by atoms with Crippen LogP contribution in [0.15, 0.2) is 11.8 Å². The molecule has 2 heterocycles. The first-order chi connectivity index (χ1) is 21.7. The molecular formula is C30H55N7O9. The Hall–Kier alpha value is -1.51. The molecule has 2 aliphatic heterocycles. The Labute approximate surface area is 269 Å². The zero-order valence-corrected chi connectivity index (χ0v) is 26.8. The first kappa shape index (κ1) is 35.8. The molecule has 0 bridgehead atoms. The molecule has 0 aromatic carbocycles. The third-order valence-corrected chi connectivity index (χ3v) is 10.1. The van der Waals surface area contributed by atoms with Crippen LogP contribution in [0.1, 0.15) is 51.9 Å². The molecule has 15 N–H and O–H groups in total. The summed E-state index contributed by atoms with van der Waals surface area (Å²) in [6, 6.07) is -2.82. The van der Waals surface area contributed by atoms with E-state index in [2.05, 4.69) is 16.0 Å². The quantitative estimate of drug-likeness (QED) is 0.0952. The molecule has 264 valence electrons. The van der Waals surface area contributed by atoms with Crippen molar-refractivity contribution in [3.05, 3.63) is 11.8 Å². The molecule has 3 saturated carbocycles. The minimum absolute atomic E-state index is 0.127. The van der Waals surface area contributed by atoms with Crippen LogP contribution in [0.4, 0.5) is 0 Å². The van der Waals surface area contributed by atoms with Gasteiger partial charge in [0.15, 0.2) is 6.29 Å². The number of amides is 1. The number of ether oxygens (including phenoxy) is 4. The number of nitrogens with two attached hydrogens (primary N) is 4. The van der Waals surface area contributed by atoms with Crippen molar-refractivity contribution in [2.45, 2.75) is 136 Å². The standard InChI is InChI=1S/C30H55N7O9/c1-29(41)13-43-28(23(40)26(29)35-2)46-25-20(37-21(38)10-30(42)8-16(32)9-30)7-19(34)24(22(25)39)45-27-18(33)4-3-17(44-27)12-36-11-14-5-15(31)6-14/h3,14-16,18-20,22-28,35-36,39-42H,4-13,31-34H2,1-2H3,(H,37,38)/t14?,15?,16?,18-,19+,20-,22+,23-,24-,25+,26-,27-,28-,29+,30?/m1/s1. The zero-order valence-electron chi connectivity index (χ0n) is 26.8. The van der Waals surface area contributed by atoms with Gasteiger partial charge in [-0.2, -0.15) is 0 Å². The van der Waals surface area contributed by atoms with Gasteiger partial charge in [-0.3, -0.25) is 4.79 Å². The molecule has 0 aromatic heterocycles. The largest absolute Gasteiger partial charge is 0.467 e. The molecule has 5 aliphatic rings. The third kappa shape index (κ3) is 8.19. The topological polar surface area (TPSA) is 275 Å². The zero-order chi connectivity index (χ0) is 33.4. The average Bonchev–Trinajstić information content (AvgIpc) is 2.93. The van der Waals surface area contributed by atoms with Gasteiger partial charge >= 0.3 is 0 Å². The lowest BCUT2D eigenvalue weighted by Gasteiger charge is -2.49. The van der Waals surface area contributed by atoms with Gasteiger partial charge in [0, 0.05) is 18.1 Å². The van der Waals surface area contributed by atoms with E-state index in [9.17, 15) is 25.2 Å². The van der Waals surface area contributed by atoms with Crippen molar-refractivity contribution in [2.24, 2.45) is 28.9 Å². The Morgan fingerprint density at radius 3 is 2.35 bits per heavy atom. The highest BCUT2D eigenvalue weighted by Crippen LogP contribution is 2.35. The van der Waals surface area contributed by atoms with E-state index in [1.54, 1.807) is 7.05 Å². The molecule has 46 heavy (non-hydrogen) atoms. The number of carbonyl (C=O) groups is 1. The molecule has 0 aromatic rings. The summed E-state index contributed by atoms with van der Waals surface area (Å²) >= 11 is 0. The Morgan fingerprint density at radius 1 is 1.00 bits per heavy atom. The molecular weight excluding hydrogens is 602 g/mol. The van der Waals surface area contributed by atoms with Crippen LogP contribution < -0.4 is 38.9 Å². The van der Waals surface area contributed by atoms with Gasteiger partial charge in [0.25, 0.3) is 0 Å². The first-order valence-electron chi connectivity index (χ1n) is 16.5. The summed E-state index contributed by atoms with van der Waals surface area (Å²) in [5, 5.41) is 53.2. The Balaban J connectivity index is 1.26. The fourth-order valence-electron chi connectivity index (χ4n) is 7.49. The fraction of sp³-hybridized carbons (Fsp3) is 0.900. The van der Waals surface area contributed by atoms with E-state index in [1.807, 2.05) is 6.08 Å². The van der Waals surface area contributed by atoms with Crippen molar-refractivity contribution in [3.63, 3.8) is 0 Å². The van der Waals surface area contributed by atoms with Crippen LogP contribution in [0.25, 0.3) is 0 Å². The molecule has 0 radical (unpaired) electrons. The molecule has 0 spiro atoms.